The highest BCUT2D eigenvalue weighted by Gasteiger charge is 2.33. The number of nitrogens with one attached hydrogen (secondary N) is 1. The van der Waals surface area contributed by atoms with Gasteiger partial charge in [-0.25, -0.2) is 0 Å². The lowest BCUT2D eigenvalue weighted by molar-refractivity contribution is -0.137. The first-order valence-corrected chi connectivity index (χ1v) is 5.32. The summed E-state index contributed by atoms with van der Waals surface area (Å²) >= 11 is 5.68. The molecule has 0 saturated carbocycles. The van der Waals surface area contributed by atoms with Gasteiger partial charge in [0.2, 0.25) is 0 Å². The molecule has 2 rings (SSSR count). The predicted molar refractivity (Wildman–Crippen MR) is 62.5 cm³/mol. The maximum atomic E-state index is 12.8. The number of halogens is 4. The lowest BCUT2D eigenvalue weighted by Gasteiger charge is -2.12. The van der Waals surface area contributed by atoms with Crippen molar-refractivity contribution < 1.29 is 13.2 Å². The van der Waals surface area contributed by atoms with E-state index in [0.29, 0.717) is 0 Å². The Morgan fingerprint density at radius 3 is 2.44 bits per heavy atom. The van der Waals surface area contributed by atoms with Crippen molar-refractivity contribution in [3.05, 3.63) is 57.5 Å². The van der Waals surface area contributed by atoms with Crippen LogP contribution in [-0.2, 0) is 6.18 Å². The minimum absolute atomic E-state index is 0.101. The number of benzene rings is 1. The van der Waals surface area contributed by atoms with E-state index in [0.717, 1.165) is 6.07 Å². The lowest BCUT2D eigenvalue weighted by Crippen LogP contribution is -2.12. The zero-order chi connectivity index (χ0) is 13.3. The Labute approximate surface area is 105 Å². The number of rotatable bonds is 1. The highest BCUT2D eigenvalue weighted by molar-refractivity contribution is 6.30. The summed E-state index contributed by atoms with van der Waals surface area (Å²) in [5, 5.41) is 0.168. The molecule has 0 aliphatic carbocycles. The fourth-order valence-electron chi connectivity index (χ4n) is 1.62. The maximum Gasteiger partial charge on any atom is 0.417 e. The van der Waals surface area contributed by atoms with Gasteiger partial charge in [-0.3, -0.25) is 4.79 Å². The summed E-state index contributed by atoms with van der Waals surface area (Å²) in [4.78, 5) is 13.9. The largest absolute Gasteiger partial charge is 0.417 e. The number of pyridine rings is 1. The zero-order valence-corrected chi connectivity index (χ0v) is 9.64. The molecule has 0 saturated heterocycles. The molecule has 1 aromatic heterocycles. The van der Waals surface area contributed by atoms with Gasteiger partial charge in [0.05, 0.1) is 10.6 Å². The van der Waals surface area contributed by atoms with Crippen LogP contribution in [0.1, 0.15) is 5.56 Å². The van der Waals surface area contributed by atoms with Crippen LogP contribution in [0.5, 0.6) is 0 Å². The van der Waals surface area contributed by atoms with Gasteiger partial charge in [0.25, 0.3) is 5.56 Å². The first-order valence-electron chi connectivity index (χ1n) is 4.94. The first kappa shape index (κ1) is 12.7. The molecular weight excluding hydrogens is 267 g/mol. The standard InChI is InChI=1S/C12H7ClF3NO/c13-7-5-9(11(18)17-6-7)8-3-1-2-4-10(8)12(14,15)16/h1-6H,(H,17,18). The summed E-state index contributed by atoms with van der Waals surface area (Å²) in [7, 11) is 0. The van der Waals surface area contributed by atoms with Crippen molar-refractivity contribution in [2.24, 2.45) is 0 Å². The van der Waals surface area contributed by atoms with E-state index in [-0.39, 0.29) is 16.1 Å². The highest BCUT2D eigenvalue weighted by Crippen LogP contribution is 2.36. The van der Waals surface area contributed by atoms with Crippen molar-refractivity contribution in [2.45, 2.75) is 6.18 Å². The van der Waals surface area contributed by atoms with Crippen molar-refractivity contribution in [1.29, 1.82) is 0 Å². The monoisotopic (exact) mass is 273 g/mol. The van der Waals surface area contributed by atoms with Crippen LogP contribution >= 0.6 is 11.6 Å². The van der Waals surface area contributed by atoms with Gasteiger partial charge in [0.15, 0.2) is 0 Å². The summed E-state index contributed by atoms with van der Waals surface area (Å²) in [5.74, 6) is 0. The summed E-state index contributed by atoms with van der Waals surface area (Å²) in [6, 6.07) is 6.08. The Balaban J connectivity index is 2.72. The molecule has 6 heteroatoms. The highest BCUT2D eigenvalue weighted by atomic mass is 35.5. The Kier molecular flexibility index (Phi) is 3.17. The molecule has 0 atom stereocenters. The van der Waals surface area contributed by atoms with Crippen molar-refractivity contribution in [3.63, 3.8) is 0 Å². The van der Waals surface area contributed by atoms with E-state index >= 15 is 0 Å². The first-order chi connectivity index (χ1) is 8.39. The molecule has 0 bridgehead atoms. The van der Waals surface area contributed by atoms with Crippen LogP contribution in [0.3, 0.4) is 0 Å². The Hall–Kier alpha value is -1.75. The second kappa shape index (κ2) is 4.49. The number of aromatic nitrogens is 1. The molecule has 2 nitrogen and oxygen atoms in total. The molecule has 0 unspecified atom stereocenters. The molecule has 94 valence electrons. The minimum atomic E-state index is -4.52. The van der Waals surface area contributed by atoms with Gasteiger partial charge >= 0.3 is 6.18 Å². The van der Waals surface area contributed by atoms with E-state index in [9.17, 15) is 18.0 Å². The average Bonchev–Trinajstić information content (AvgIpc) is 2.31. The zero-order valence-electron chi connectivity index (χ0n) is 8.88. The summed E-state index contributed by atoms with van der Waals surface area (Å²) in [6.07, 6.45) is -3.30. The molecule has 1 N–H and O–H groups in total. The third kappa shape index (κ3) is 2.41. The van der Waals surface area contributed by atoms with Crippen LogP contribution < -0.4 is 5.56 Å². The summed E-state index contributed by atoms with van der Waals surface area (Å²) < 4.78 is 38.5. The molecule has 0 spiro atoms. The second-order valence-electron chi connectivity index (χ2n) is 3.60. The van der Waals surface area contributed by atoms with E-state index in [2.05, 4.69) is 4.98 Å². The number of hydrogen-bond acceptors (Lipinski definition) is 1. The molecule has 2 aromatic rings. The SMILES string of the molecule is O=c1[nH]cc(Cl)cc1-c1ccccc1C(F)(F)F. The van der Waals surface area contributed by atoms with E-state index in [4.69, 9.17) is 11.6 Å². The van der Waals surface area contributed by atoms with Crippen LogP contribution in [0.25, 0.3) is 11.1 Å². The smallest absolute Gasteiger partial charge is 0.327 e. The van der Waals surface area contributed by atoms with Gasteiger partial charge in [0, 0.05) is 11.8 Å². The van der Waals surface area contributed by atoms with Crippen LogP contribution in [0.2, 0.25) is 5.02 Å². The van der Waals surface area contributed by atoms with Crippen LogP contribution in [0.4, 0.5) is 13.2 Å². The molecule has 0 amide bonds. The van der Waals surface area contributed by atoms with E-state index in [1.165, 1.54) is 30.5 Å². The fourth-order valence-corrected chi connectivity index (χ4v) is 1.79. The normalized spacial score (nSPS) is 11.6. The minimum Gasteiger partial charge on any atom is -0.327 e. The van der Waals surface area contributed by atoms with Gasteiger partial charge in [-0.15, -0.1) is 0 Å². The molecule has 0 aliphatic heterocycles. The van der Waals surface area contributed by atoms with E-state index in [1.807, 2.05) is 0 Å². The fraction of sp³-hybridized carbons (Fsp3) is 0.0833. The van der Waals surface area contributed by atoms with Gasteiger partial charge in [-0.05, 0) is 17.7 Å². The molecule has 0 radical (unpaired) electrons. The molecule has 0 aliphatic rings. The van der Waals surface area contributed by atoms with Crippen LogP contribution in [0.15, 0.2) is 41.3 Å². The average molecular weight is 274 g/mol. The second-order valence-corrected chi connectivity index (χ2v) is 4.04. The van der Waals surface area contributed by atoms with Gasteiger partial charge < -0.3 is 4.98 Å². The predicted octanol–water partition coefficient (Wildman–Crippen LogP) is 3.71. The lowest BCUT2D eigenvalue weighted by atomic mass is 10.0. The summed E-state index contributed by atoms with van der Waals surface area (Å²) in [6.45, 7) is 0. The third-order valence-electron chi connectivity index (χ3n) is 2.39. The van der Waals surface area contributed by atoms with Crippen molar-refractivity contribution in [1.82, 2.24) is 4.98 Å². The maximum absolute atomic E-state index is 12.8. The molecule has 0 fully saturated rings. The molecule has 18 heavy (non-hydrogen) atoms. The number of alkyl halides is 3. The Morgan fingerprint density at radius 2 is 1.78 bits per heavy atom. The molecular formula is C12H7ClF3NO. The van der Waals surface area contributed by atoms with Gasteiger partial charge in [-0.2, -0.15) is 13.2 Å². The topological polar surface area (TPSA) is 32.9 Å². The number of aromatic amines is 1. The molecule has 1 aromatic carbocycles. The summed E-state index contributed by atoms with van der Waals surface area (Å²) in [5.41, 5.74) is -1.77. The Morgan fingerprint density at radius 1 is 1.11 bits per heavy atom. The van der Waals surface area contributed by atoms with Crippen molar-refractivity contribution in [3.8, 4) is 11.1 Å². The van der Waals surface area contributed by atoms with E-state index in [1.54, 1.807) is 0 Å². The molecule has 1 heterocycles. The van der Waals surface area contributed by atoms with Crippen molar-refractivity contribution in [2.75, 3.05) is 0 Å². The van der Waals surface area contributed by atoms with Crippen LogP contribution in [0, 0.1) is 0 Å². The number of H-pyrrole nitrogens is 1. The van der Waals surface area contributed by atoms with E-state index < -0.39 is 17.3 Å². The Bertz CT molecular complexity index is 634. The van der Waals surface area contributed by atoms with Crippen molar-refractivity contribution >= 4 is 11.6 Å². The van der Waals surface area contributed by atoms with Crippen LogP contribution in [-0.4, -0.2) is 4.98 Å². The quantitative estimate of drug-likeness (QED) is 0.844. The van der Waals surface area contributed by atoms with Gasteiger partial charge in [-0.1, -0.05) is 29.8 Å². The number of hydrogen-bond donors (Lipinski definition) is 1. The van der Waals surface area contributed by atoms with Gasteiger partial charge in [0.1, 0.15) is 0 Å². The third-order valence-corrected chi connectivity index (χ3v) is 2.61.